The topological polar surface area (TPSA) is 58.5 Å². The molecule has 0 radical (unpaired) electrons. The number of halogens is 4. The van der Waals surface area contributed by atoms with E-state index in [2.05, 4.69) is 20.6 Å². The van der Waals surface area contributed by atoms with Crippen molar-refractivity contribution in [1.82, 2.24) is 15.6 Å². The number of nitrogens with one attached hydrogen (secondary N) is 2. The minimum Gasteiger partial charge on any atom is -0.484 e. The molecule has 0 aliphatic heterocycles. The predicted octanol–water partition coefficient (Wildman–Crippen LogP) is 4.62. The van der Waals surface area contributed by atoms with Crippen molar-refractivity contribution in [2.45, 2.75) is 39.9 Å². The van der Waals surface area contributed by atoms with Crippen LogP contribution in [0.1, 0.15) is 28.8 Å². The Kier molecular flexibility index (Phi) is 10.7. The Balaban J connectivity index is 0.00000420. The van der Waals surface area contributed by atoms with Gasteiger partial charge in [0.15, 0.2) is 12.6 Å². The van der Waals surface area contributed by atoms with E-state index in [1.54, 1.807) is 30.4 Å². The van der Waals surface area contributed by atoms with E-state index in [0.29, 0.717) is 24.6 Å². The third-order valence-corrected chi connectivity index (χ3v) is 4.53. The molecule has 0 fully saturated rings. The lowest BCUT2D eigenvalue weighted by Gasteiger charge is -2.14. The quantitative estimate of drug-likeness (QED) is 0.291. The largest absolute Gasteiger partial charge is 0.484 e. The van der Waals surface area contributed by atoms with Crippen molar-refractivity contribution in [2.75, 3.05) is 19.7 Å². The van der Waals surface area contributed by atoms with Gasteiger partial charge in [-0.15, -0.1) is 35.3 Å². The zero-order chi connectivity index (χ0) is 20.6. The lowest BCUT2D eigenvalue weighted by molar-refractivity contribution is -0.153. The molecule has 0 saturated heterocycles. The average molecular weight is 542 g/mol. The number of guanidine groups is 1. The van der Waals surface area contributed by atoms with Gasteiger partial charge in [0.2, 0.25) is 0 Å². The van der Waals surface area contributed by atoms with Crippen LogP contribution in [0.2, 0.25) is 0 Å². The maximum absolute atomic E-state index is 12.5. The third kappa shape index (κ3) is 9.66. The van der Waals surface area contributed by atoms with Gasteiger partial charge in [-0.1, -0.05) is 12.1 Å². The van der Waals surface area contributed by atoms with Gasteiger partial charge in [-0.05, 0) is 32.4 Å². The number of thiazole rings is 1. The van der Waals surface area contributed by atoms with Crippen molar-refractivity contribution >= 4 is 41.3 Å². The lowest BCUT2D eigenvalue weighted by Crippen LogP contribution is -2.38. The summed E-state index contributed by atoms with van der Waals surface area (Å²) in [6.45, 7) is 5.93. The van der Waals surface area contributed by atoms with Gasteiger partial charge < -0.3 is 15.4 Å². The molecule has 0 saturated carbocycles. The van der Waals surface area contributed by atoms with E-state index < -0.39 is 12.8 Å². The van der Waals surface area contributed by atoms with E-state index in [4.69, 9.17) is 4.74 Å². The van der Waals surface area contributed by atoms with Gasteiger partial charge in [0.05, 0.1) is 17.2 Å². The van der Waals surface area contributed by atoms with Crippen LogP contribution in [-0.2, 0) is 13.0 Å². The van der Waals surface area contributed by atoms with Gasteiger partial charge in [0.25, 0.3) is 0 Å². The maximum atomic E-state index is 12.5. The number of alkyl halides is 3. The zero-order valence-electron chi connectivity index (χ0n) is 16.6. The van der Waals surface area contributed by atoms with Gasteiger partial charge >= 0.3 is 6.18 Å². The summed E-state index contributed by atoms with van der Waals surface area (Å²) in [6.07, 6.45) is -3.62. The highest BCUT2D eigenvalue weighted by atomic mass is 127. The van der Waals surface area contributed by atoms with Crippen LogP contribution >= 0.6 is 35.3 Å². The molecule has 2 N–H and O–H groups in total. The van der Waals surface area contributed by atoms with E-state index in [1.807, 2.05) is 25.3 Å². The Morgan fingerprint density at radius 3 is 2.62 bits per heavy atom. The number of nitrogens with zero attached hydrogens (tertiary/aromatic N) is 2. The standard InChI is InChI=1S/C19H25F3N4OS.HI/c1-4-23-18(24-8-7-16-11-28-14(3)26-16)25-10-15-6-5-13(2)9-17(15)27-12-19(20,21)22;/h5-6,9,11H,4,7-8,10,12H2,1-3H3,(H2,23,24,25);1H. The molecule has 0 unspecified atom stereocenters. The van der Waals surface area contributed by atoms with Crippen LogP contribution in [0.5, 0.6) is 5.75 Å². The first kappa shape index (κ1) is 25.5. The zero-order valence-corrected chi connectivity index (χ0v) is 19.7. The number of ether oxygens (including phenoxy) is 1. The summed E-state index contributed by atoms with van der Waals surface area (Å²) in [5, 5.41) is 9.40. The molecule has 2 rings (SSSR count). The molecule has 1 aromatic carbocycles. The van der Waals surface area contributed by atoms with Crippen molar-refractivity contribution < 1.29 is 17.9 Å². The van der Waals surface area contributed by atoms with Crippen LogP contribution < -0.4 is 15.4 Å². The molecule has 1 aromatic heterocycles. The Hall–Kier alpha value is -1.56. The smallest absolute Gasteiger partial charge is 0.422 e. The summed E-state index contributed by atoms with van der Waals surface area (Å²) in [5.74, 6) is 0.798. The predicted molar refractivity (Wildman–Crippen MR) is 122 cm³/mol. The molecule has 0 spiro atoms. The normalized spacial score (nSPS) is 11.7. The molecule has 162 valence electrons. The van der Waals surface area contributed by atoms with Gasteiger partial charge in [-0.3, -0.25) is 0 Å². The second-order valence-corrected chi connectivity index (χ2v) is 7.31. The first-order valence-electron chi connectivity index (χ1n) is 8.99. The molecule has 0 atom stereocenters. The number of aromatic nitrogens is 1. The van der Waals surface area contributed by atoms with Gasteiger partial charge in [-0.25, -0.2) is 9.98 Å². The SMILES string of the molecule is CCNC(=NCc1ccc(C)cc1OCC(F)(F)F)NCCc1csc(C)n1.I. The van der Waals surface area contributed by atoms with Crippen molar-refractivity contribution in [3.63, 3.8) is 0 Å². The fourth-order valence-corrected chi connectivity index (χ4v) is 3.07. The fourth-order valence-electron chi connectivity index (χ4n) is 2.42. The Bertz CT molecular complexity index is 796. The molecule has 0 bridgehead atoms. The third-order valence-electron chi connectivity index (χ3n) is 3.71. The Labute approximate surface area is 190 Å². The number of hydrogen-bond acceptors (Lipinski definition) is 4. The van der Waals surface area contributed by atoms with E-state index in [0.717, 1.165) is 22.7 Å². The minimum atomic E-state index is -4.38. The van der Waals surface area contributed by atoms with Crippen molar-refractivity contribution in [2.24, 2.45) is 4.99 Å². The van der Waals surface area contributed by atoms with E-state index >= 15 is 0 Å². The summed E-state index contributed by atoms with van der Waals surface area (Å²) in [5.41, 5.74) is 2.45. The number of hydrogen-bond donors (Lipinski definition) is 2. The van der Waals surface area contributed by atoms with Crippen molar-refractivity contribution in [3.8, 4) is 5.75 Å². The number of rotatable bonds is 8. The van der Waals surface area contributed by atoms with Crippen LogP contribution in [0.15, 0.2) is 28.6 Å². The van der Waals surface area contributed by atoms with Crippen LogP contribution in [-0.4, -0.2) is 36.8 Å². The summed E-state index contributed by atoms with van der Waals surface area (Å²) >= 11 is 1.61. The number of benzene rings is 1. The van der Waals surface area contributed by atoms with E-state index in [-0.39, 0.29) is 36.3 Å². The van der Waals surface area contributed by atoms with Crippen LogP contribution in [0, 0.1) is 13.8 Å². The molecular formula is C19H26F3IN4OS. The first-order chi connectivity index (χ1) is 13.3. The molecule has 1 heterocycles. The highest BCUT2D eigenvalue weighted by Gasteiger charge is 2.28. The highest BCUT2D eigenvalue weighted by Crippen LogP contribution is 2.24. The lowest BCUT2D eigenvalue weighted by atomic mass is 10.1. The molecule has 0 amide bonds. The average Bonchev–Trinajstić information content (AvgIpc) is 3.03. The number of aliphatic imine (C=N–C) groups is 1. The molecule has 10 heteroatoms. The Morgan fingerprint density at radius 1 is 1.24 bits per heavy atom. The van der Waals surface area contributed by atoms with Gasteiger partial charge in [-0.2, -0.15) is 13.2 Å². The maximum Gasteiger partial charge on any atom is 0.422 e. The molecule has 5 nitrogen and oxygen atoms in total. The van der Waals surface area contributed by atoms with Crippen LogP contribution in [0.3, 0.4) is 0 Å². The van der Waals surface area contributed by atoms with Crippen LogP contribution in [0.25, 0.3) is 0 Å². The molecule has 2 aromatic rings. The summed E-state index contributed by atoms with van der Waals surface area (Å²) < 4.78 is 42.4. The second kappa shape index (κ2) is 12.2. The van der Waals surface area contributed by atoms with Crippen molar-refractivity contribution in [3.05, 3.63) is 45.4 Å². The monoisotopic (exact) mass is 542 g/mol. The fraction of sp³-hybridized carbons (Fsp3) is 0.474. The van der Waals surface area contributed by atoms with Gasteiger partial charge in [0.1, 0.15) is 5.75 Å². The highest BCUT2D eigenvalue weighted by molar-refractivity contribution is 14.0. The summed E-state index contributed by atoms with van der Waals surface area (Å²) in [7, 11) is 0. The summed E-state index contributed by atoms with van der Waals surface area (Å²) in [4.78, 5) is 8.89. The van der Waals surface area contributed by atoms with E-state index in [1.165, 1.54) is 0 Å². The minimum absolute atomic E-state index is 0. The molecule has 29 heavy (non-hydrogen) atoms. The molecule has 0 aliphatic rings. The number of aryl methyl sites for hydroxylation is 2. The second-order valence-electron chi connectivity index (χ2n) is 6.24. The Morgan fingerprint density at radius 2 is 2.00 bits per heavy atom. The first-order valence-corrected chi connectivity index (χ1v) is 9.87. The summed E-state index contributed by atoms with van der Waals surface area (Å²) in [6, 6.07) is 5.17. The van der Waals surface area contributed by atoms with Crippen molar-refractivity contribution in [1.29, 1.82) is 0 Å². The van der Waals surface area contributed by atoms with E-state index in [9.17, 15) is 13.2 Å². The molecule has 0 aliphatic carbocycles. The van der Waals surface area contributed by atoms with Gasteiger partial charge in [0, 0.05) is 30.5 Å². The van der Waals surface area contributed by atoms with Crippen LogP contribution in [0.4, 0.5) is 13.2 Å². The molecular weight excluding hydrogens is 516 g/mol.